The highest BCUT2D eigenvalue weighted by Crippen LogP contribution is 2.26. The van der Waals surface area contributed by atoms with Gasteiger partial charge in [-0.3, -0.25) is 4.79 Å². The molecule has 0 aromatic heterocycles. The molecule has 0 saturated carbocycles. The number of amides is 1. The molecule has 0 fully saturated rings. The van der Waals surface area contributed by atoms with E-state index in [1.54, 1.807) is 0 Å². The van der Waals surface area contributed by atoms with Gasteiger partial charge < -0.3 is 14.7 Å². The third-order valence-corrected chi connectivity index (χ3v) is 2.88. The minimum atomic E-state index is -4.77. The SMILES string of the molecule is COc1cc(C(=O)N(C)CC(O)C(F)(F)F)ccc1Cl. The molecular weight excluding hydrogens is 299 g/mol. The minimum Gasteiger partial charge on any atom is -0.495 e. The molecule has 1 aromatic rings. The van der Waals surface area contributed by atoms with Crippen LogP contribution in [0.15, 0.2) is 18.2 Å². The molecule has 0 spiro atoms. The topological polar surface area (TPSA) is 49.8 Å². The fraction of sp³-hybridized carbons (Fsp3) is 0.417. The third kappa shape index (κ3) is 4.01. The molecule has 1 N–H and O–H groups in total. The quantitative estimate of drug-likeness (QED) is 0.928. The van der Waals surface area contributed by atoms with E-state index in [0.717, 1.165) is 4.90 Å². The summed E-state index contributed by atoms with van der Waals surface area (Å²) in [5, 5.41) is 9.21. The van der Waals surface area contributed by atoms with E-state index in [9.17, 15) is 18.0 Å². The van der Waals surface area contributed by atoms with Crippen molar-refractivity contribution in [1.29, 1.82) is 0 Å². The molecule has 0 heterocycles. The molecule has 20 heavy (non-hydrogen) atoms. The van der Waals surface area contributed by atoms with E-state index in [1.165, 1.54) is 32.4 Å². The number of rotatable bonds is 4. The molecule has 0 aliphatic rings. The second-order valence-corrected chi connectivity index (χ2v) is 4.50. The predicted octanol–water partition coefficient (Wildman–Crippen LogP) is 2.34. The van der Waals surface area contributed by atoms with Crippen molar-refractivity contribution in [2.75, 3.05) is 20.7 Å². The van der Waals surface area contributed by atoms with Crippen LogP contribution in [0.2, 0.25) is 5.02 Å². The van der Waals surface area contributed by atoms with E-state index < -0.39 is 24.7 Å². The van der Waals surface area contributed by atoms with Crippen LogP contribution >= 0.6 is 11.6 Å². The van der Waals surface area contributed by atoms with Crippen molar-refractivity contribution < 1.29 is 27.8 Å². The van der Waals surface area contributed by atoms with Gasteiger partial charge in [0, 0.05) is 12.6 Å². The Morgan fingerprint density at radius 2 is 2.10 bits per heavy atom. The van der Waals surface area contributed by atoms with Crippen LogP contribution in [0.1, 0.15) is 10.4 Å². The zero-order valence-corrected chi connectivity index (χ0v) is 11.5. The average molecular weight is 312 g/mol. The molecule has 0 bridgehead atoms. The van der Waals surface area contributed by atoms with Crippen molar-refractivity contribution in [3.8, 4) is 5.75 Å². The zero-order chi connectivity index (χ0) is 15.5. The summed E-state index contributed by atoms with van der Waals surface area (Å²) < 4.78 is 41.6. The van der Waals surface area contributed by atoms with E-state index in [1.807, 2.05) is 0 Å². The monoisotopic (exact) mass is 311 g/mol. The van der Waals surface area contributed by atoms with Crippen LogP contribution in [0.4, 0.5) is 13.2 Å². The summed E-state index contributed by atoms with van der Waals surface area (Å²) in [6.07, 6.45) is -7.36. The molecule has 0 radical (unpaired) electrons. The van der Waals surface area contributed by atoms with Gasteiger partial charge in [0.1, 0.15) is 5.75 Å². The van der Waals surface area contributed by atoms with Gasteiger partial charge in [-0.05, 0) is 18.2 Å². The van der Waals surface area contributed by atoms with Gasteiger partial charge in [-0.25, -0.2) is 0 Å². The number of benzene rings is 1. The standard InChI is InChI=1S/C12H13ClF3NO3/c1-17(6-10(18)12(14,15)16)11(19)7-3-4-8(13)9(5-7)20-2/h3-5,10,18H,6H2,1-2H3. The summed E-state index contributed by atoms with van der Waals surface area (Å²) in [5.41, 5.74) is 0.114. The van der Waals surface area contributed by atoms with Gasteiger partial charge in [-0.2, -0.15) is 13.2 Å². The maximum Gasteiger partial charge on any atom is 0.416 e. The van der Waals surface area contributed by atoms with Crippen LogP contribution < -0.4 is 4.74 Å². The molecule has 8 heteroatoms. The summed E-state index contributed by atoms with van der Waals surface area (Å²) >= 11 is 5.79. The van der Waals surface area contributed by atoms with Crippen LogP contribution in [0.3, 0.4) is 0 Å². The second-order valence-electron chi connectivity index (χ2n) is 4.09. The number of aliphatic hydroxyl groups is 1. The Kier molecular flexibility index (Phi) is 5.24. The summed E-state index contributed by atoms with van der Waals surface area (Å²) in [7, 11) is 2.52. The van der Waals surface area contributed by atoms with E-state index in [0.29, 0.717) is 0 Å². The number of hydrogen-bond acceptors (Lipinski definition) is 3. The summed E-state index contributed by atoms with van der Waals surface area (Å²) in [5.74, 6) is -0.439. The number of methoxy groups -OCH3 is 1. The Morgan fingerprint density at radius 1 is 1.50 bits per heavy atom. The van der Waals surface area contributed by atoms with E-state index in [-0.39, 0.29) is 16.3 Å². The largest absolute Gasteiger partial charge is 0.495 e. The van der Waals surface area contributed by atoms with Crippen molar-refractivity contribution in [2.45, 2.75) is 12.3 Å². The first-order chi connectivity index (χ1) is 9.16. The molecule has 1 aromatic carbocycles. The average Bonchev–Trinajstić information content (AvgIpc) is 2.37. The highest BCUT2D eigenvalue weighted by molar-refractivity contribution is 6.32. The predicted molar refractivity (Wildman–Crippen MR) is 67.0 cm³/mol. The highest BCUT2D eigenvalue weighted by atomic mass is 35.5. The molecule has 1 unspecified atom stereocenters. The highest BCUT2D eigenvalue weighted by Gasteiger charge is 2.39. The number of nitrogens with zero attached hydrogens (tertiary/aromatic N) is 1. The fourth-order valence-corrected chi connectivity index (χ4v) is 1.65. The minimum absolute atomic E-state index is 0.114. The van der Waals surface area contributed by atoms with Gasteiger partial charge in [0.05, 0.1) is 18.7 Å². The summed E-state index contributed by atoms with van der Waals surface area (Å²) in [6.45, 7) is -0.854. The van der Waals surface area contributed by atoms with E-state index in [4.69, 9.17) is 21.4 Å². The van der Waals surface area contributed by atoms with Crippen LogP contribution in [-0.4, -0.2) is 48.9 Å². The second kappa shape index (κ2) is 6.32. The molecular formula is C12H13ClF3NO3. The molecule has 1 rings (SSSR count). The van der Waals surface area contributed by atoms with Crippen molar-refractivity contribution >= 4 is 17.5 Å². The van der Waals surface area contributed by atoms with Gasteiger partial charge in [0.15, 0.2) is 6.10 Å². The molecule has 1 atom stereocenters. The molecule has 0 saturated heterocycles. The van der Waals surface area contributed by atoms with Crippen molar-refractivity contribution in [1.82, 2.24) is 4.90 Å². The normalized spacial score (nSPS) is 12.9. The van der Waals surface area contributed by atoms with Gasteiger partial charge in [0.2, 0.25) is 0 Å². The number of hydrogen-bond donors (Lipinski definition) is 1. The Morgan fingerprint density at radius 3 is 2.60 bits per heavy atom. The van der Waals surface area contributed by atoms with Gasteiger partial charge in [0.25, 0.3) is 5.91 Å². The van der Waals surface area contributed by atoms with Gasteiger partial charge in [-0.1, -0.05) is 11.6 Å². The molecule has 0 aliphatic carbocycles. The number of ether oxygens (including phenoxy) is 1. The zero-order valence-electron chi connectivity index (χ0n) is 10.7. The van der Waals surface area contributed by atoms with Crippen LogP contribution in [0.5, 0.6) is 5.75 Å². The first kappa shape index (κ1) is 16.6. The Balaban J connectivity index is 2.84. The number of carbonyl (C=O) groups excluding carboxylic acids is 1. The maximum absolute atomic E-state index is 12.2. The third-order valence-electron chi connectivity index (χ3n) is 2.57. The molecule has 0 aliphatic heterocycles. The molecule has 1 amide bonds. The maximum atomic E-state index is 12.2. The number of halogens is 4. The number of alkyl halides is 3. The summed E-state index contributed by atoms with van der Waals surface area (Å²) in [4.78, 5) is 12.7. The van der Waals surface area contributed by atoms with E-state index >= 15 is 0 Å². The van der Waals surface area contributed by atoms with Crippen molar-refractivity contribution in [2.24, 2.45) is 0 Å². The lowest BCUT2D eigenvalue weighted by molar-refractivity contribution is -0.205. The number of carbonyl (C=O) groups is 1. The van der Waals surface area contributed by atoms with Gasteiger partial charge in [-0.15, -0.1) is 0 Å². The Hall–Kier alpha value is -1.47. The lowest BCUT2D eigenvalue weighted by atomic mass is 10.2. The first-order valence-electron chi connectivity index (χ1n) is 5.50. The molecule has 112 valence electrons. The smallest absolute Gasteiger partial charge is 0.416 e. The number of aliphatic hydroxyl groups excluding tert-OH is 1. The first-order valence-corrected chi connectivity index (χ1v) is 5.88. The van der Waals surface area contributed by atoms with Crippen molar-refractivity contribution in [3.05, 3.63) is 28.8 Å². The Bertz CT molecular complexity index is 493. The summed E-state index contributed by atoms with van der Waals surface area (Å²) in [6, 6.07) is 4.09. The van der Waals surface area contributed by atoms with Gasteiger partial charge >= 0.3 is 6.18 Å². The lowest BCUT2D eigenvalue weighted by Gasteiger charge is -2.22. The van der Waals surface area contributed by atoms with E-state index in [2.05, 4.69) is 0 Å². The molecule has 4 nitrogen and oxygen atoms in total. The lowest BCUT2D eigenvalue weighted by Crippen LogP contribution is -2.41. The fourth-order valence-electron chi connectivity index (χ4n) is 1.46. The van der Waals surface area contributed by atoms with Crippen LogP contribution in [-0.2, 0) is 0 Å². The van der Waals surface area contributed by atoms with Crippen molar-refractivity contribution in [3.63, 3.8) is 0 Å². The van der Waals surface area contributed by atoms with Crippen LogP contribution in [0, 0.1) is 0 Å². The van der Waals surface area contributed by atoms with Crippen LogP contribution in [0.25, 0.3) is 0 Å². The number of likely N-dealkylation sites (N-methyl/N-ethyl adjacent to an activating group) is 1. The Labute approximate surface area is 118 Å².